The van der Waals surface area contributed by atoms with Crippen molar-refractivity contribution in [1.29, 1.82) is 0 Å². The van der Waals surface area contributed by atoms with E-state index in [1.807, 2.05) is 0 Å². The fraction of sp³-hybridized carbons (Fsp3) is 0.700. The number of aromatic nitrogens is 2. The van der Waals surface area contributed by atoms with Crippen molar-refractivity contribution in [3.63, 3.8) is 0 Å². The van der Waals surface area contributed by atoms with Crippen molar-refractivity contribution < 1.29 is 37.7 Å². The zero-order valence-corrected chi connectivity index (χ0v) is 17.5. The number of aliphatic carboxylic acids is 2. The van der Waals surface area contributed by atoms with Crippen LogP contribution in [0.1, 0.15) is 19.3 Å². The maximum atomic E-state index is 12.2. The summed E-state index contributed by atoms with van der Waals surface area (Å²) in [5.41, 5.74) is -0.680. The number of halogens is 3. The second-order valence-electron chi connectivity index (χ2n) is 8.48. The molecule has 1 unspecified atom stereocenters. The lowest BCUT2D eigenvalue weighted by Crippen LogP contribution is -2.42. The van der Waals surface area contributed by atoms with Crippen LogP contribution in [0.15, 0.2) is 18.5 Å². The highest BCUT2D eigenvalue weighted by Crippen LogP contribution is 2.43. The van der Waals surface area contributed by atoms with Crippen LogP contribution in [0.5, 0.6) is 0 Å². The second kappa shape index (κ2) is 9.99. The van der Waals surface area contributed by atoms with Crippen LogP contribution in [0.25, 0.3) is 0 Å². The van der Waals surface area contributed by atoms with Crippen LogP contribution in [0.2, 0.25) is 0 Å². The lowest BCUT2D eigenvalue weighted by atomic mass is 9.75. The van der Waals surface area contributed by atoms with Crippen molar-refractivity contribution in [1.82, 2.24) is 14.9 Å². The average Bonchev–Trinajstić information content (AvgIpc) is 3.34. The monoisotopic (exact) mass is 460 g/mol. The van der Waals surface area contributed by atoms with Gasteiger partial charge in [0.1, 0.15) is 0 Å². The van der Waals surface area contributed by atoms with Crippen molar-refractivity contribution in [2.75, 3.05) is 50.8 Å². The topological polar surface area (TPSA) is 116 Å². The van der Waals surface area contributed by atoms with Gasteiger partial charge in [-0.05, 0) is 37.8 Å². The molecule has 3 atom stereocenters. The van der Waals surface area contributed by atoms with Gasteiger partial charge in [-0.3, -0.25) is 4.79 Å². The Kier molecular flexibility index (Phi) is 7.55. The van der Waals surface area contributed by atoms with Gasteiger partial charge < -0.3 is 24.7 Å². The smallest absolute Gasteiger partial charge is 0.481 e. The van der Waals surface area contributed by atoms with E-state index in [1.165, 1.54) is 0 Å². The Hall–Kier alpha value is -2.47. The van der Waals surface area contributed by atoms with Gasteiger partial charge in [-0.15, -0.1) is 0 Å². The molecule has 32 heavy (non-hydrogen) atoms. The van der Waals surface area contributed by atoms with Gasteiger partial charge in [0.15, 0.2) is 0 Å². The van der Waals surface area contributed by atoms with Crippen molar-refractivity contribution >= 4 is 17.9 Å². The van der Waals surface area contributed by atoms with E-state index in [1.54, 1.807) is 18.5 Å². The Morgan fingerprint density at radius 2 is 1.91 bits per heavy atom. The summed E-state index contributed by atoms with van der Waals surface area (Å²) in [6, 6.07) is 1.79. The standard InChI is InChI=1S/C18H26N4O3.C2HF3O2/c23-16(24)18-4-1-7-21(9-14-3-8-25-12-14)10-15(18)11-22(13-18)17-19-5-2-6-20-17;3-2(4,5)1(6)7/h2,5-6,14-15H,1,3-4,7-13H2,(H,23,24);(H,6,7)/t14?,15-,18-;/m0./s1. The summed E-state index contributed by atoms with van der Waals surface area (Å²) in [5.74, 6) is -2.08. The molecular formula is C20H27F3N4O5. The van der Waals surface area contributed by atoms with Crippen LogP contribution >= 0.6 is 0 Å². The number of ether oxygens (including phenoxy) is 1. The first-order valence-electron chi connectivity index (χ1n) is 10.5. The molecule has 3 fully saturated rings. The highest BCUT2D eigenvalue weighted by Gasteiger charge is 2.54. The molecular weight excluding hydrogens is 433 g/mol. The van der Waals surface area contributed by atoms with Gasteiger partial charge >= 0.3 is 18.1 Å². The third kappa shape index (κ3) is 5.66. The number of carboxylic acid groups (broad SMARTS) is 2. The van der Waals surface area contributed by atoms with E-state index in [4.69, 9.17) is 14.6 Å². The summed E-state index contributed by atoms with van der Waals surface area (Å²) in [7, 11) is 0. The fourth-order valence-electron chi connectivity index (χ4n) is 4.73. The number of carbonyl (C=O) groups is 2. The molecule has 9 nitrogen and oxygen atoms in total. The molecule has 178 valence electrons. The minimum atomic E-state index is -5.08. The number of carboxylic acids is 2. The summed E-state index contributed by atoms with van der Waals surface area (Å²) >= 11 is 0. The van der Waals surface area contributed by atoms with Crippen molar-refractivity contribution in [3.05, 3.63) is 18.5 Å². The Bertz CT molecular complexity index is 791. The predicted molar refractivity (Wildman–Crippen MR) is 106 cm³/mol. The highest BCUT2D eigenvalue weighted by molar-refractivity contribution is 5.77. The zero-order valence-electron chi connectivity index (χ0n) is 17.5. The molecule has 12 heteroatoms. The number of fused-ring (bicyclic) bond motifs is 1. The molecule has 0 saturated carbocycles. The first-order valence-corrected chi connectivity index (χ1v) is 10.5. The van der Waals surface area contributed by atoms with Crippen molar-refractivity contribution in [2.24, 2.45) is 17.3 Å². The van der Waals surface area contributed by atoms with Crippen LogP contribution < -0.4 is 4.90 Å². The molecule has 1 aromatic rings. The van der Waals surface area contributed by atoms with E-state index in [9.17, 15) is 23.1 Å². The fourth-order valence-corrected chi connectivity index (χ4v) is 4.73. The molecule has 0 aromatic carbocycles. The molecule has 1 aromatic heterocycles. The molecule has 2 N–H and O–H groups in total. The van der Waals surface area contributed by atoms with Crippen molar-refractivity contribution in [3.8, 4) is 0 Å². The number of anilines is 1. The molecule has 0 aliphatic carbocycles. The lowest BCUT2D eigenvalue weighted by Gasteiger charge is -2.30. The van der Waals surface area contributed by atoms with Gasteiger partial charge in [0.25, 0.3) is 0 Å². The molecule has 0 amide bonds. The zero-order chi connectivity index (χ0) is 23.4. The molecule has 0 bridgehead atoms. The van der Waals surface area contributed by atoms with E-state index >= 15 is 0 Å². The number of hydrogen-bond acceptors (Lipinski definition) is 7. The Balaban J connectivity index is 0.000000360. The van der Waals surface area contributed by atoms with E-state index < -0.39 is 23.5 Å². The Morgan fingerprint density at radius 3 is 2.47 bits per heavy atom. The molecule has 3 aliphatic rings. The maximum absolute atomic E-state index is 12.2. The van der Waals surface area contributed by atoms with E-state index in [2.05, 4.69) is 19.8 Å². The van der Waals surface area contributed by atoms with Gasteiger partial charge in [-0.1, -0.05) is 0 Å². The summed E-state index contributed by atoms with van der Waals surface area (Å²) in [6.07, 6.45) is 1.13. The number of alkyl halides is 3. The minimum absolute atomic E-state index is 0.110. The van der Waals surface area contributed by atoms with E-state index in [0.29, 0.717) is 25.0 Å². The average molecular weight is 460 g/mol. The number of rotatable bonds is 4. The third-order valence-electron chi connectivity index (χ3n) is 6.31. The third-order valence-corrected chi connectivity index (χ3v) is 6.31. The summed E-state index contributed by atoms with van der Waals surface area (Å²) in [5, 5.41) is 17.2. The molecule has 4 heterocycles. The number of nitrogens with zero attached hydrogens (tertiary/aromatic N) is 4. The van der Waals surface area contributed by atoms with Crippen LogP contribution in [0.4, 0.5) is 19.1 Å². The van der Waals surface area contributed by atoms with Crippen LogP contribution in [-0.4, -0.2) is 89.1 Å². The predicted octanol–water partition coefficient (Wildman–Crippen LogP) is 1.75. The van der Waals surface area contributed by atoms with E-state index in [-0.39, 0.29) is 5.92 Å². The quantitative estimate of drug-likeness (QED) is 0.693. The number of hydrogen-bond donors (Lipinski definition) is 2. The van der Waals surface area contributed by atoms with Gasteiger partial charge in [0.05, 0.1) is 12.0 Å². The van der Waals surface area contributed by atoms with Gasteiger partial charge in [-0.2, -0.15) is 13.2 Å². The first-order chi connectivity index (χ1) is 15.1. The highest BCUT2D eigenvalue weighted by atomic mass is 19.4. The largest absolute Gasteiger partial charge is 0.490 e. The number of likely N-dealkylation sites (tertiary alicyclic amines) is 1. The van der Waals surface area contributed by atoms with E-state index in [0.717, 1.165) is 52.1 Å². The van der Waals surface area contributed by atoms with Gasteiger partial charge in [-0.25, -0.2) is 14.8 Å². The van der Waals surface area contributed by atoms with Crippen LogP contribution in [0, 0.1) is 17.3 Å². The minimum Gasteiger partial charge on any atom is -0.481 e. The SMILES string of the molecule is O=C(O)C(F)(F)F.O=C(O)[C@]12CCCN(CC3CCOC3)C[C@H]1CN(c1ncccn1)C2. The summed E-state index contributed by atoms with van der Waals surface area (Å²) < 4.78 is 37.2. The van der Waals surface area contributed by atoms with Crippen LogP contribution in [0.3, 0.4) is 0 Å². The second-order valence-corrected chi connectivity index (χ2v) is 8.48. The molecule has 4 rings (SSSR count). The normalized spacial score (nSPS) is 28.4. The van der Waals surface area contributed by atoms with Crippen molar-refractivity contribution in [2.45, 2.75) is 25.4 Å². The molecule has 3 saturated heterocycles. The molecule has 0 spiro atoms. The van der Waals surface area contributed by atoms with Gasteiger partial charge in [0.2, 0.25) is 5.95 Å². The molecule has 0 radical (unpaired) electrons. The maximum Gasteiger partial charge on any atom is 0.490 e. The Morgan fingerprint density at radius 1 is 1.22 bits per heavy atom. The Labute approximate surface area is 183 Å². The van der Waals surface area contributed by atoms with Gasteiger partial charge in [0, 0.05) is 51.1 Å². The summed E-state index contributed by atoms with van der Waals surface area (Å²) in [4.78, 5) is 34.3. The van der Waals surface area contributed by atoms with Crippen LogP contribution in [-0.2, 0) is 14.3 Å². The molecule has 3 aliphatic heterocycles. The summed E-state index contributed by atoms with van der Waals surface area (Å²) in [6.45, 7) is 5.78. The first kappa shape index (κ1) is 24.2. The lowest BCUT2D eigenvalue weighted by molar-refractivity contribution is -0.192.